The molecule has 0 bridgehead atoms. The van der Waals surface area contributed by atoms with Crippen LogP contribution >= 0.6 is 0 Å². The van der Waals surface area contributed by atoms with E-state index in [1.165, 1.54) is 0 Å². The van der Waals surface area contributed by atoms with Crippen LogP contribution in [0.25, 0.3) is 22.8 Å². The summed E-state index contributed by atoms with van der Waals surface area (Å²) in [6.07, 6.45) is 1.04. The first-order valence-corrected chi connectivity index (χ1v) is 11.0. The molecule has 0 spiro atoms. The van der Waals surface area contributed by atoms with E-state index in [1.807, 2.05) is 31.2 Å². The fourth-order valence-corrected chi connectivity index (χ4v) is 3.63. The van der Waals surface area contributed by atoms with Gasteiger partial charge in [0.1, 0.15) is 11.6 Å². The summed E-state index contributed by atoms with van der Waals surface area (Å²) in [6, 6.07) is 8.01. The Bertz CT molecular complexity index is 1070. The fraction of sp³-hybridized carbons (Fsp3) is 0.480. The van der Waals surface area contributed by atoms with Gasteiger partial charge >= 0.3 is 0 Å². The third-order valence-corrected chi connectivity index (χ3v) is 5.32. The van der Waals surface area contributed by atoms with Gasteiger partial charge in [0.15, 0.2) is 0 Å². The number of hydrogen-bond acceptors (Lipinski definition) is 6. The molecule has 0 aliphatic heterocycles. The standard InChI is InChI=1S/C25H34N4O2/c1-7-12-30-23-17(6)13-19(14-18(23)8-2)24-27-25(31-28-24)20-15-21(9-3)26-22(16-20)29(10-4)11-5/h13-16H,7-12H2,1-6H3/i1D,7D/t7-/m1/s1. The van der Waals surface area contributed by atoms with Crippen molar-refractivity contribution in [3.63, 3.8) is 0 Å². The van der Waals surface area contributed by atoms with Crippen molar-refractivity contribution in [2.45, 2.75) is 60.8 Å². The van der Waals surface area contributed by atoms with Gasteiger partial charge in [-0.25, -0.2) is 4.98 Å². The molecule has 1 atom stereocenters. The Morgan fingerprint density at radius 3 is 2.52 bits per heavy atom. The highest BCUT2D eigenvalue weighted by atomic mass is 16.5. The molecule has 0 unspecified atom stereocenters. The highest BCUT2D eigenvalue weighted by molar-refractivity contribution is 5.65. The molecule has 0 aliphatic carbocycles. The van der Waals surface area contributed by atoms with Crippen LogP contribution in [0.1, 0.15) is 60.6 Å². The summed E-state index contributed by atoms with van der Waals surface area (Å²) in [4.78, 5) is 11.7. The zero-order valence-electron chi connectivity index (χ0n) is 21.2. The van der Waals surface area contributed by atoms with Crippen molar-refractivity contribution in [2.24, 2.45) is 0 Å². The Labute approximate surface area is 188 Å². The lowest BCUT2D eigenvalue weighted by Crippen LogP contribution is -2.23. The maximum absolute atomic E-state index is 7.77. The van der Waals surface area contributed by atoms with E-state index < -0.39 is 6.40 Å². The molecule has 0 fully saturated rings. The maximum atomic E-state index is 7.77. The van der Waals surface area contributed by atoms with Crippen LogP contribution in [0.2, 0.25) is 0 Å². The van der Waals surface area contributed by atoms with Gasteiger partial charge in [0, 0.05) is 32.7 Å². The van der Waals surface area contributed by atoms with Crippen molar-refractivity contribution in [1.29, 1.82) is 0 Å². The quantitative estimate of drug-likeness (QED) is 0.406. The van der Waals surface area contributed by atoms with Crippen LogP contribution in [-0.4, -0.2) is 34.8 Å². The number of aromatic nitrogens is 3. The van der Waals surface area contributed by atoms with Crippen molar-refractivity contribution in [3.8, 4) is 28.6 Å². The average molecular weight is 425 g/mol. The summed E-state index contributed by atoms with van der Waals surface area (Å²) in [5, 5.41) is 4.25. The van der Waals surface area contributed by atoms with Gasteiger partial charge in [0.25, 0.3) is 5.89 Å². The van der Waals surface area contributed by atoms with E-state index in [1.54, 1.807) is 0 Å². The molecule has 0 amide bonds. The van der Waals surface area contributed by atoms with Gasteiger partial charge < -0.3 is 14.2 Å². The first kappa shape index (κ1) is 20.0. The summed E-state index contributed by atoms with van der Waals surface area (Å²) < 4.78 is 26.6. The van der Waals surface area contributed by atoms with E-state index in [-0.39, 0.29) is 13.5 Å². The highest BCUT2D eigenvalue weighted by Crippen LogP contribution is 2.32. The summed E-state index contributed by atoms with van der Waals surface area (Å²) in [5.41, 5.74) is 4.69. The molecule has 2 heterocycles. The van der Waals surface area contributed by atoms with Gasteiger partial charge in [-0.2, -0.15) is 4.98 Å². The molecule has 0 saturated heterocycles. The van der Waals surface area contributed by atoms with Gasteiger partial charge in [0.05, 0.1) is 6.61 Å². The third-order valence-electron chi connectivity index (χ3n) is 5.32. The van der Waals surface area contributed by atoms with E-state index in [0.717, 1.165) is 65.4 Å². The second-order valence-electron chi connectivity index (χ2n) is 7.39. The van der Waals surface area contributed by atoms with Crippen LogP contribution in [0.4, 0.5) is 5.82 Å². The SMILES string of the molecule is [2H]C[C@@H]([2H])COc1c(C)cc(-c2noc(-c3cc(CC)nc(N(CC)CC)c3)n2)cc1CC. The monoisotopic (exact) mass is 424 g/mol. The molecule has 0 radical (unpaired) electrons. The van der Waals surface area contributed by atoms with Crippen LogP contribution in [0.15, 0.2) is 28.8 Å². The van der Waals surface area contributed by atoms with Crippen LogP contribution in [-0.2, 0) is 12.8 Å². The number of hydrogen-bond donors (Lipinski definition) is 0. The lowest BCUT2D eigenvalue weighted by Gasteiger charge is -2.20. The van der Waals surface area contributed by atoms with Crippen molar-refractivity contribution in [2.75, 3.05) is 24.6 Å². The second-order valence-corrected chi connectivity index (χ2v) is 7.39. The molecule has 1 aromatic carbocycles. The predicted molar refractivity (Wildman–Crippen MR) is 126 cm³/mol. The molecule has 6 nitrogen and oxygen atoms in total. The average Bonchev–Trinajstić information content (AvgIpc) is 3.33. The predicted octanol–water partition coefficient (Wildman–Crippen LogP) is 5.87. The minimum absolute atomic E-state index is 0.0228. The van der Waals surface area contributed by atoms with Crippen LogP contribution < -0.4 is 9.64 Å². The topological polar surface area (TPSA) is 64.3 Å². The molecule has 31 heavy (non-hydrogen) atoms. The van der Waals surface area contributed by atoms with E-state index in [4.69, 9.17) is 22.0 Å². The lowest BCUT2D eigenvalue weighted by molar-refractivity contribution is 0.312. The first-order valence-electron chi connectivity index (χ1n) is 12.3. The number of pyridine rings is 1. The molecular formula is C25H34N4O2. The zero-order chi connectivity index (χ0) is 24.0. The Morgan fingerprint density at radius 1 is 1.03 bits per heavy atom. The second kappa shape index (κ2) is 10.4. The Hall–Kier alpha value is -2.89. The summed E-state index contributed by atoms with van der Waals surface area (Å²) in [6.45, 7) is 12.3. The van der Waals surface area contributed by atoms with Gasteiger partial charge in [-0.05, 0) is 75.4 Å². The number of ether oxygens (including phenoxy) is 1. The van der Waals surface area contributed by atoms with Gasteiger partial charge in [0.2, 0.25) is 5.82 Å². The summed E-state index contributed by atoms with van der Waals surface area (Å²) >= 11 is 0. The van der Waals surface area contributed by atoms with Gasteiger partial charge in [-0.3, -0.25) is 0 Å². The largest absolute Gasteiger partial charge is 0.493 e. The van der Waals surface area contributed by atoms with Crippen molar-refractivity contribution in [3.05, 3.63) is 41.1 Å². The fourth-order valence-electron chi connectivity index (χ4n) is 3.63. The molecule has 0 N–H and O–H groups in total. The van der Waals surface area contributed by atoms with E-state index in [2.05, 4.69) is 37.8 Å². The molecular weight excluding hydrogens is 388 g/mol. The van der Waals surface area contributed by atoms with Crippen molar-refractivity contribution < 1.29 is 12.0 Å². The van der Waals surface area contributed by atoms with Gasteiger partial charge in [-0.1, -0.05) is 25.9 Å². The van der Waals surface area contributed by atoms with Crippen molar-refractivity contribution in [1.82, 2.24) is 15.1 Å². The van der Waals surface area contributed by atoms with Crippen molar-refractivity contribution >= 4 is 5.82 Å². The van der Waals surface area contributed by atoms with Gasteiger partial charge in [-0.15, -0.1) is 0 Å². The molecule has 2 aromatic heterocycles. The Kier molecular flexibility index (Phi) is 6.74. The number of rotatable bonds is 10. The lowest BCUT2D eigenvalue weighted by atomic mass is 10.0. The minimum Gasteiger partial charge on any atom is -0.493 e. The van der Waals surface area contributed by atoms with Crippen LogP contribution in [0, 0.1) is 6.92 Å². The highest BCUT2D eigenvalue weighted by Gasteiger charge is 2.17. The number of anilines is 1. The first-order chi connectivity index (χ1) is 15.9. The maximum Gasteiger partial charge on any atom is 0.258 e. The van der Waals surface area contributed by atoms with E-state index >= 15 is 0 Å². The Balaban J connectivity index is 1.94. The minimum atomic E-state index is -0.553. The number of aryl methyl sites for hydroxylation is 3. The molecule has 0 saturated carbocycles. The Morgan fingerprint density at radius 2 is 1.84 bits per heavy atom. The third kappa shape index (κ3) is 5.06. The summed E-state index contributed by atoms with van der Waals surface area (Å²) in [5.74, 6) is 2.69. The molecule has 166 valence electrons. The molecule has 0 aliphatic rings. The molecule has 6 heteroatoms. The number of benzene rings is 1. The zero-order valence-corrected chi connectivity index (χ0v) is 19.2. The van der Waals surface area contributed by atoms with Crippen LogP contribution in [0.5, 0.6) is 5.75 Å². The van der Waals surface area contributed by atoms with E-state index in [9.17, 15) is 0 Å². The normalized spacial score (nSPS) is 12.9. The molecule has 3 aromatic rings. The van der Waals surface area contributed by atoms with E-state index in [0.29, 0.717) is 11.7 Å². The number of nitrogens with zero attached hydrogens (tertiary/aromatic N) is 4. The summed E-state index contributed by atoms with van der Waals surface area (Å²) in [7, 11) is 0. The molecule has 3 rings (SSSR count). The smallest absolute Gasteiger partial charge is 0.258 e. The van der Waals surface area contributed by atoms with Crippen LogP contribution in [0.3, 0.4) is 0 Å².